The van der Waals surface area contributed by atoms with E-state index in [0.29, 0.717) is 5.92 Å². The molecule has 1 aliphatic carbocycles. The highest BCUT2D eigenvalue weighted by Crippen LogP contribution is 2.24. The minimum Gasteiger partial charge on any atom is -0.349 e. The highest BCUT2D eigenvalue weighted by atomic mass is 35.5. The van der Waals surface area contributed by atoms with Gasteiger partial charge in [-0.25, -0.2) is 13.6 Å². The maximum Gasteiger partial charge on any atom is 0.251 e. The van der Waals surface area contributed by atoms with Crippen LogP contribution < -0.4 is 10.5 Å². The average Bonchev–Trinajstić information content (AvgIpc) is 2.39. The van der Waals surface area contributed by atoms with Crippen molar-refractivity contribution >= 4 is 27.5 Å². The lowest BCUT2D eigenvalue weighted by atomic mass is 9.87. The number of rotatable bonds is 3. The van der Waals surface area contributed by atoms with Crippen LogP contribution in [-0.2, 0) is 10.0 Å². The lowest BCUT2D eigenvalue weighted by Gasteiger charge is -2.27. The minimum absolute atomic E-state index is 0.130. The third kappa shape index (κ3) is 4.43. The Kier molecular flexibility index (Phi) is 4.91. The van der Waals surface area contributed by atoms with Crippen LogP contribution in [0.25, 0.3) is 0 Å². The molecule has 0 aliphatic heterocycles. The largest absolute Gasteiger partial charge is 0.349 e. The van der Waals surface area contributed by atoms with Gasteiger partial charge < -0.3 is 5.32 Å². The molecule has 1 saturated carbocycles. The number of sulfonamides is 1. The summed E-state index contributed by atoms with van der Waals surface area (Å²) < 4.78 is 22.7. The van der Waals surface area contributed by atoms with Gasteiger partial charge in [0, 0.05) is 16.6 Å². The summed E-state index contributed by atoms with van der Waals surface area (Å²) in [5.41, 5.74) is 0.213. The van der Waals surface area contributed by atoms with Gasteiger partial charge in [-0.1, -0.05) is 18.5 Å². The van der Waals surface area contributed by atoms with Crippen molar-refractivity contribution in [2.75, 3.05) is 0 Å². The molecule has 1 amide bonds. The lowest BCUT2D eigenvalue weighted by Crippen LogP contribution is -2.37. The Balaban J connectivity index is 2.14. The molecule has 7 heteroatoms. The van der Waals surface area contributed by atoms with Gasteiger partial charge in [0.15, 0.2) is 0 Å². The molecular formula is C14H19ClN2O3S. The molecule has 1 aromatic carbocycles. The number of hydrogen-bond acceptors (Lipinski definition) is 3. The molecule has 0 radical (unpaired) electrons. The SMILES string of the molecule is CC1CCC(NC(=O)c2cc(Cl)cc(S(N)(=O)=O)c2)CC1. The van der Waals surface area contributed by atoms with Crippen molar-refractivity contribution in [3.63, 3.8) is 0 Å². The Morgan fingerprint density at radius 3 is 2.43 bits per heavy atom. The molecule has 0 bridgehead atoms. The maximum absolute atomic E-state index is 12.2. The molecule has 1 fully saturated rings. The number of primary sulfonamides is 1. The first-order chi connectivity index (χ1) is 9.75. The van der Waals surface area contributed by atoms with Crippen molar-refractivity contribution in [1.82, 2.24) is 5.32 Å². The molecule has 1 aliphatic rings. The van der Waals surface area contributed by atoms with Gasteiger partial charge in [-0.2, -0.15) is 0 Å². The Hall–Kier alpha value is -1.11. The summed E-state index contributed by atoms with van der Waals surface area (Å²) >= 11 is 5.86. The van der Waals surface area contributed by atoms with Crippen molar-refractivity contribution in [2.45, 2.75) is 43.5 Å². The van der Waals surface area contributed by atoms with Crippen LogP contribution in [0.2, 0.25) is 5.02 Å². The summed E-state index contributed by atoms with van der Waals surface area (Å²) in [4.78, 5) is 12.1. The fraction of sp³-hybridized carbons (Fsp3) is 0.500. The fourth-order valence-corrected chi connectivity index (χ4v) is 3.41. The number of nitrogens with two attached hydrogens (primary N) is 1. The molecule has 21 heavy (non-hydrogen) atoms. The molecule has 0 spiro atoms. The van der Waals surface area contributed by atoms with Gasteiger partial charge in [0.25, 0.3) is 5.91 Å². The lowest BCUT2D eigenvalue weighted by molar-refractivity contribution is 0.0923. The molecule has 0 aromatic heterocycles. The van der Waals surface area contributed by atoms with Gasteiger partial charge in [0.05, 0.1) is 4.90 Å². The van der Waals surface area contributed by atoms with Crippen LogP contribution in [0.5, 0.6) is 0 Å². The first-order valence-electron chi connectivity index (χ1n) is 6.90. The highest BCUT2D eigenvalue weighted by molar-refractivity contribution is 7.89. The molecule has 3 N–H and O–H groups in total. The van der Waals surface area contributed by atoms with E-state index in [1.165, 1.54) is 18.2 Å². The van der Waals surface area contributed by atoms with Gasteiger partial charge in [-0.15, -0.1) is 0 Å². The highest BCUT2D eigenvalue weighted by Gasteiger charge is 2.21. The number of nitrogens with one attached hydrogen (secondary N) is 1. The van der Waals surface area contributed by atoms with Crippen LogP contribution in [-0.4, -0.2) is 20.4 Å². The van der Waals surface area contributed by atoms with Gasteiger partial charge in [0.1, 0.15) is 0 Å². The second-order valence-corrected chi connectivity index (χ2v) is 7.65. The second-order valence-electron chi connectivity index (χ2n) is 5.65. The van der Waals surface area contributed by atoms with E-state index in [4.69, 9.17) is 16.7 Å². The van der Waals surface area contributed by atoms with E-state index < -0.39 is 10.0 Å². The summed E-state index contributed by atoms with van der Waals surface area (Å²) in [6.45, 7) is 2.20. The van der Waals surface area contributed by atoms with E-state index in [9.17, 15) is 13.2 Å². The normalized spacial score (nSPS) is 22.8. The van der Waals surface area contributed by atoms with E-state index in [0.717, 1.165) is 25.7 Å². The number of carbonyl (C=O) groups excluding carboxylic acids is 1. The van der Waals surface area contributed by atoms with E-state index >= 15 is 0 Å². The van der Waals surface area contributed by atoms with Crippen LogP contribution in [0.1, 0.15) is 43.0 Å². The minimum atomic E-state index is -3.89. The zero-order valence-electron chi connectivity index (χ0n) is 11.8. The molecule has 0 atom stereocenters. The second kappa shape index (κ2) is 6.34. The predicted molar refractivity (Wildman–Crippen MR) is 81.7 cm³/mol. The van der Waals surface area contributed by atoms with E-state index in [2.05, 4.69) is 12.2 Å². The Morgan fingerprint density at radius 2 is 1.86 bits per heavy atom. The van der Waals surface area contributed by atoms with Crippen molar-refractivity contribution in [1.29, 1.82) is 0 Å². The van der Waals surface area contributed by atoms with Crippen LogP contribution in [0, 0.1) is 5.92 Å². The fourth-order valence-electron chi connectivity index (χ4n) is 2.53. The third-order valence-corrected chi connectivity index (χ3v) is 4.92. The zero-order chi connectivity index (χ0) is 15.6. The Bertz CT molecular complexity index is 638. The molecular weight excluding hydrogens is 312 g/mol. The molecule has 5 nitrogen and oxygen atoms in total. The van der Waals surface area contributed by atoms with Crippen molar-refractivity contribution in [3.05, 3.63) is 28.8 Å². The van der Waals surface area contributed by atoms with Gasteiger partial charge in [-0.05, 0) is 49.8 Å². The molecule has 0 heterocycles. The van der Waals surface area contributed by atoms with Crippen molar-refractivity contribution in [3.8, 4) is 0 Å². The quantitative estimate of drug-likeness (QED) is 0.891. The first kappa shape index (κ1) is 16.3. The van der Waals surface area contributed by atoms with Crippen LogP contribution in [0.15, 0.2) is 23.1 Å². The first-order valence-corrected chi connectivity index (χ1v) is 8.82. The molecule has 0 unspecified atom stereocenters. The molecule has 1 aromatic rings. The number of carbonyl (C=O) groups is 1. The summed E-state index contributed by atoms with van der Waals surface area (Å²) in [5.74, 6) is 0.375. The Labute approximate surface area is 129 Å². The molecule has 0 saturated heterocycles. The number of hydrogen-bond donors (Lipinski definition) is 2. The van der Waals surface area contributed by atoms with E-state index in [-0.39, 0.29) is 27.4 Å². The van der Waals surface area contributed by atoms with E-state index in [1.54, 1.807) is 0 Å². The van der Waals surface area contributed by atoms with Crippen molar-refractivity contribution in [2.24, 2.45) is 11.1 Å². The van der Waals surface area contributed by atoms with Gasteiger partial charge >= 0.3 is 0 Å². The van der Waals surface area contributed by atoms with Crippen LogP contribution in [0.4, 0.5) is 0 Å². The standard InChI is InChI=1S/C14H19ClN2O3S/c1-9-2-4-12(5-3-9)17-14(18)10-6-11(15)8-13(7-10)21(16,19)20/h6-9,12H,2-5H2,1H3,(H,17,18)(H2,16,19,20). The number of benzene rings is 1. The van der Waals surface area contributed by atoms with Crippen LogP contribution >= 0.6 is 11.6 Å². The number of halogens is 1. The summed E-state index contributed by atoms with van der Waals surface area (Å²) in [7, 11) is -3.89. The van der Waals surface area contributed by atoms with Crippen molar-refractivity contribution < 1.29 is 13.2 Å². The topological polar surface area (TPSA) is 89.3 Å². The molecule has 116 valence electrons. The van der Waals surface area contributed by atoms with E-state index in [1.807, 2.05) is 0 Å². The van der Waals surface area contributed by atoms with Crippen LogP contribution in [0.3, 0.4) is 0 Å². The summed E-state index contributed by atoms with van der Waals surface area (Å²) in [5, 5.41) is 8.17. The number of amides is 1. The maximum atomic E-state index is 12.2. The Morgan fingerprint density at radius 1 is 1.24 bits per heavy atom. The summed E-state index contributed by atoms with van der Waals surface area (Å²) in [6, 6.07) is 4.06. The molecule has 2 rings (SSSR count). The summed E-state index contributed by atoms with van der Waals surface area (Å²) in [6.07, 6.45) is 4.05. The average molecular weight is 331 g/mol. The smallest absolute Gasteiger partial charge is 0.251 e. The predicted octanol–water partition coefficient (Wildman–Crippen LogP) is 2.30. The monoisotopic (exact) mass is 330 g/mol. The third-order valence-electron chi connectivity index (χ3n) is 3.81. The zero-order valence-corrected chi connectivity index (χ0v) is 13.4. The van der Waals surface area contributed by atoms with Gasteiger partial charge in [-0.3, -0.25) is 4.79 Å². The van der Waals surface area contributed by atoms with Gasteiger partial charge in [0.2, 0.25) is 10.0 Å².